The molecule has 0 heterocycles. The number of benzene rings is 4. The van der Waals surface area contributed by atoms with Crippen LogP contribution in [-0.4, -0.2) is 3.26 Å². The average molecular weight is 687 g/mol. The maximum Gasteiger partial charge on any atom is -0.0253 e. The van der Waals surface area contributed by atoms with Crippen molar-refractivity contribution in [3.05, 3.63) is 155 Å². The fourth-order valence-electron chi connectivity index (χ4n) is 4.86. The summed E-state index contributed by atoms with van der Waals surface area (Å²) < 4.78 is 1.49. The Kier molecular flexibility index (Phi) is 11.0. The van der Waals surface area contributed by atoms with E-state index in [0.717, 1.165) is 36.7 Å². The zero-order chi connectivity index (χ0) is 28.4. The van der Waals surface area contributed by atoms with Crippen LogP contribution in [0.3, 0.4) is 0 Å². The molecule has 0 N–H and O–H groups in total. The van der Waals surface area contributed by atoms with Crippen molar-refractivity contribution in [2.75, 3.05) is 0 Å². The van der Waals surface area contributed by atoms with Crippen LogP contribution in [0.4, 0.5) is 0 Å². The van der Waals surface area contributed by atoms with Crippen LogP contribution in [0.15, 0.2) is 109 Å². The van der Waals surface area contributed by atoms with Gasteiger partial charge in [-0.05, 0) is 6.42 Å². The third-order valence-electron chi connectivity index (χ3n) is 7.30. The second kappa shape index (κ2) is 14.6. The summed E-state index contributed by atoms with van der Waals surface area (Å²) in [6, 6.07) is 36.4. The molecule has 1 heteroatoms. The van der Waals surface area contributed by atoms with Crippen LogP contribution in [0, 0.1) is 12.1 Å². The maximum atomic E-state index is 3.30. The van der Waals surface area contributed by atoms with E-state index < -0.39 is 0 Å². The van der Waals surface area contributed by atoms with Gasteiger partial charge in [-0.15, -0.1) is 12.0 Å². The van der Waals surface area contributed by atoms with Crippen molar-refractivity contribution in [2.45, 2.75) is 65.2 Å². The molecule has 4 aromatic rings. The molecule has 4 aromatic carbocycles. The van der Waals surface area contributed by atoms with Crippen molar-refractivity contribution in [2.24, 2.45) is 0 Å². The van der Waals surface area contributed by atoms with Crippen LogP contribution in [0.5, 0.6) is 0 Å². The van der Waals surface area contributed by atoms with Gasteiger partial charge in [-0.1, -0.05) is 35.4 Å². The van der Waals surface area contributed by atoms with Crippen LogP contribution in [0.2, 0.25) is 0 Å². The largest absolute Gasteiger partial charge is 0.273 e. The molecular formula is C39H40Hf. The molecular weight excluding hydrogens is 647 g/mol. The Balaban J connectivity index is 0.000000170. The molecule has 2 aliphatic rings. The van der Waals surface area contributed by atoms with E-state index in [1.165, 1.54) is 67.0 Å². The van der Waals surface area contributed by atoms with Crippen LogP contribution < -0.4 is 0 Å². The van der Waals surface area contributed by atoms with Gasteiger partial charge in [-0.25, -0.2) is 12.2 Å². The molecule has 0 fully saturated rings. The second-order valence-electron chi connectivity index (χ2n) is 11.4. The van der Waals surface area contributed by atoms with Crippen LogP contribution in [0.1, 0.15) is 80.3 Å². The Morgan fingerprint density at radius 3 is 2.10 bits per heavy atom. The van der Waals surface area contributed by atoms with Crippen molar-refractivity contribution in [3.8, 4) is 11.1 Å². The van der Waals surface area contributed by atoms with Gasteiger partial charge >= 0.3 is 150 Å². The SMILES string of the molecule is CCCCc1ccc([C](=[Hf+2])c2ccc(C(C)(C)C)cc2)cc1.[C-]1=CC=CC1.[c-]1cccc2c1Cc1ccccc1-2. The normalized spacial score (nSPS) is 12.6. The number of fused-ring (bicyclic) bond motifs is 3. The number of allylic oxidation sites excluding steroid dienone is 4. The Bertz CT molecular complexity index is 1390. The van der Waals surface area contributed by atoms with Crippen molar-refractivity contribution in [3.63, 3.8) is 0 Å². The molecule has 0 nitrogen and oxygen atoms in total. The summed E-state index contributed by atoms with van der Waals surface area (Å²) in [5.41, 5.74) is 11.4. The molecule has 0 saturated carbocycles. The van der Waals surface area contributed by atoms with Crippen LogP contribution in [-0.2, 0) is 42.1 Å². The topological polar surface area (TPSA) is 0 Å². The van der Waals surface area contributed by atoms with Gasteiger partial charge in [-0.2, -0.15) is 35.9 Å². The van der Waals surface area contributed by atoms with Gasteiger partial charge in [-0.3, -0.25) is 6.08 Å². The molecule has 0 unspecified atom stereocenters. The average Bonchev–Trinajstić information content (AvgIpc) is 3.68. The summed E-state index contributed by atoms with van der Waals surface area (Å²) in [5, 5.41) is 0. The van der Waals surface area contributed by atoms with Gasteiger partial charge < -0.3 is 0 Å². The van der Waals surface area contributed by atoms with Crippen LogP contribution in [0.25, 0.3) is 11.1 Å². The molecule has 0 atom stereocenters. The molecule has 0 aromatic heterocycles. The summed E-state index contributed by atoms with van der Waals surface area (Å²) in [6.07, 6.45) is 14.8. The molecule has 200 valence electrons. The minimum absolute atomic E-state index is 0.227. The fraction of sp³-hybridized carbons (Fsp3) is 0.256. The Morgan fingerprint density at radius 2 is 1.50 bits per heavy atom. The molecule has 40 heavy (non-hydrogen) atoms. The minimum atomic E-state index is 0.227. The van der Waals surface area contributed by atoms with Gasteiger partial charge in [0.2, 0.25) is 0 Å². The summed E-state index contributed by atoms with van der Waals surface area (Å²) >= 11 is 1.07. The first-order valence-electron chi connectivity index (χ1n) is 14.4. The monoisotopic (exact) mass is 688 g/mol. The number of unbranched alkanes of at least 4 members (excludes halogenated alkanes) is 1. The zero-order valence-electron chi connectivity index (χ0n) is 24.4. The molecule has 0 aliphatic heterocycles. The predicted octanol–water partition coefficient (Wildman–Crippen LogP) is 9.81. The van der Waals surface area contributed by atoms with Gasteiger partial charge in [0, 0.05) is 0 Å². The fourth-order valence-corrected chi connectivity index (χ4v) is 6.06. The van der Waals surface area contributed by atoms with Gasteiger partial charge in [0.05, 0.1) is 0 Å². The van der Waals surface area contributed by atoms with Crippen molar-refractivity contribution in [1.82, 2.24) is 0 Å². The molecule has 2 aliphatic carbocycles. The van der Waals surface area contributed by atoms with Gasteiger partial charge in [0.25, 0.3) is 0 Å². The summed E-state index contributed by atoms with van der Waals surface area (Å²) in [4.78, 5) is 0. The van der Waals surface area contributed by atoms with E-state index in [-0.39, 0.29) is 5.41 Å². The summed E-state index contributed by atoms with van der Waals surface area (Å²) in [6.45, 7) is 9.05. The Hall–Kier alpha value is -2.90. The third-order valence-corrected chi connectivity index (χ3v) is 9.38. The second-order valence-corrected chi connectivity index (χ2v) is 13.2. The quantitative estimate of drug-likeness (QED) is 0.128. The smallest absolute Gasteiger partial charge is 0.0253 e. The van der Waals surface area contributed by atoms with Crippen molar-refractivity contribution in [1.29, 1.82) is 0 Å². The molecule has 0 amide bonds. The molecule has 0 bridgehead atoms. The van der Waals surface area contributed by atoms with E-state index in [4.69, 9.17) is 0 Å². The van der Waals surface area contributed by atoms with E-state index in [9.17, 15) is 0 Å². The van der Waals surface area contributed by atoms with Gasteiger partial charge in [0.1, 0.15) is 0 Å². The van der Waals surface area contributed by atoms with Crippen molar-refractivity contribution >= 4 is 3.26 Å². The summed E-state index contributed by atoms with van der Waals surface area (Å²) in [7, 11) is 0. The van der Waals surface area contributed by atoms with Crippen molar-refractivity contribution < 1.29 is 23.9 Å². The maximum absolute atomic E-state index is 3.30. The van der Waals surface area contributed by atoms with E-state index in [0.29, 0.717) is 0 Å². The first-order chi connectivity index (χ1) is 19.4. The van der Waals surface area contributed by atoms with E-state index in [2.05, 4.69) is 131 Å². The number of aryl methyl sites for hydroxylation is 1. The number of hydrogen-bond acceptors (Lipinski definition) is 0. The number of hydrogen-bond donors (Lipinski definition) is 0. The predicted molar refractivity (Wildman–Crippen MR) is 168 cm³/mol. The number of rotatable bonds is 5. The zero-order valence-corrected chi connectivity index (χ0v) is 28.0. The molecule has 0 saturated heterocycles. The Labute approximate surface area is 256 Å². The van der Waals surface area contributed by atoms with Crippen LogP contribution >= 0.6 is 0 Å². The molecule has 6 rings (SSSR count). The minimum Gasteiger partial charge on any atom is -0.273 e. The van der Waals surface area contributed by atoms with E-state index in [1.807, 2.05) is 18.2 Å². The van der Waals surface area contributed by atoms with E-state index >= 15 is 0 Å². The summed E-state index contributed by atoms with van der Waals surface area (Å²) in [5.74, 6) is 0. The first kappa shape index (κ1) is 30.1. The first-order valence-corrected chi connectivity index (χ1v) is 16.2. The Morgan fingerprint density at radius 1 is 0.825 bits per heavy atom. The molecule has 0 radical (unpaired) electrons. The third kappa shape index (κ3) is 8.31. The molecule has 0 spiro atoms. The van der Waals surface area contributed by atoms with E-state index in [1.54, 1.807) is 0 Å². The standard InChI is InChI=1S/C21H26.C13H9.C5H5.Hf/c1-5-6-7-17-8-10-18(11-9-17)16-19-12-14-20(15-13-19)21(2,3)4;1-3-7-12-10(5-1)9-11-6-2-4-8-13(11)12;1-2-4-5-3-1;/h8-15H,5-7H2,1-4H3;1-5,7-8H,9H2;1-3H,4H2;/q;2*-1;+2. The van der Waals surface area contributed by atoms with Gasteiger partial charge in [0.15, 0.2) is 0 Å².